The highest BCUT2D eigenvalue weighted by atomic mass is 35.5. The molecule has 0 saturated carbocycles. The van der Waals surface area contributed by atoms with Crippen LogP contribution in [0.15, 0.2) is 48.5 Å². The minimum absolute atomic E-state index is 0.0560. The van der Waals surface area contributed by atoms with Gasteiger partial charge in [0.2, 0.25) is 5.91 Å². The quantitative estimate of drug-likeness (QED) is 0.845. The van der Waals surface area contributed by atoms with E-state index in [2.05, 4.69) is 43.2 Å². The first-order valence-electron chi connectivity index (χ1n) is 9.23. The summed E-state index contributed by atoms with van der Waals surface area (Å²) in [5.74, 6) is 0.191. The average molecular weight is 371 g/mol. The minimum Gasteiger partial charge on any atom is -0.347 e. The maximum Gasteiger partial charge on any atom is 0.225 e. The third-order valence-corrected chi connectivity index (χ3v) is 5.41. The Morgan fingerprint density at radius 3 is 2.62 bits per heavy atom. The molecule has 4 heteroatoms. The first-order chi connectivity index (χ1) is 12.4. The molecule has 1 aliphatic rings. The Balaban J connectivity index is 1.88. The first kappa shape index (κ1) is 18.9. The summed E-state index contributed by atoms with van der Waals surface area (Å²) < 4.78 is 0. The zero-order valence-corrected chi connectivity index (χ0v) is 16.5. The highest BCUT2D eigenvalue weighted by molar-refractivity contribution is 6.30. The number of hydrogen-bond acceptors (Lipinski definition) is 2. The van der Waals surface area contributed by atoms with Crippen LogP contribution in [0.2, 0.25) is 5.02 Å². The van der Waals surface area contributed by atoms with Crippen LogP contribution in [0.4, 0.5) is 0 Å². The lowest BCUT2D eigenvalue weighted by atomic mass is 9.86. The molecule has 2 aromatic carbocycles. The van der Waals surface area contributed by atoms with Gasteiger partial charge in [-0.25, -0.2) is 0 Å². The van der Waals surface area contributed by atoms with Crippen LogP contribution >= 0.6 is 11.6 Å². The van der Waals surface area contributed by atoms with Crippen molar-refractivity contribution in [3.05, 3.63) is 59.1 Å². The highest BCUT2D eigenvalue weighted by Crippen LogP contribution is 2.34. The molecule has 138 valence electrons. The number of benzene rings is 2. The highest BCUT2D eigenvalue weighted by Gasteiger charge is 2.31. The number of piperidine rings is 1. The summed E-state index contributed by atoms with van der Waals surface area (Å²) in [5.41, 5.74) is 2.75. The normalized spacial score (nSPS) is 18.5. The van der Waals surface area contributed by atoms with E-state index in [1.165, 1.54) is 0 Å². The third kappa shape index (κ3) is 4.28. The van der Waals surface area contributed by atoms with E-state index in [-0.39, 0.29) is 11.8 Å². The molecule has 0 unspecified atom stereocenters. The molecule has 26 heavy (non-hydrogen) atoms. The average Bonchev–Trinajstić information content (AvgIpc) is 2.62. The fourth-order valence-electron chi connectivity index (χ4n) is 3.78. The van der Waals surface area contributed by atoms with Gasteiger partial charge in [0.15, 0.2) is 0 Å². The molecule has 2 aromatic rings. The summed E-state index contributed by atoms with van der Waals surface area (Å²) >= 11 is 6.27. The number of halogens is 1. The monoisotopic (exact) mass is 370 g/mol. The molecule has 1 N–H and O–H groups in total. The molecular formula is C22H27ClN2O. The maximum atomic E-state index is 12.9. The lowest BCUT2D eigenvalue weighted by Crippen LogP contribution is -2.48. The number of amides is 1. The summed E-state index contributed by atoms with van der Waals surface area (Å²) in [6, 6.07) is 16.1. The molecule has 1 saturated heterocycles. The van der Waals surface area contributed by atoms with Crippen LogP contribution < -0.4 is 5.32 Å². The number of hydrogen-bond donors (Lipinski definition) is 1. The van der Waals surface area contributed by atoms with Gasteiger partial charge in [0, 0.05) is 11.6 Å². The Hall–Kier alpha value is -1.84. The summed E-state index contributed by atoms with van der Waals surface area (Å²) in [4.78, 5) is 15.1. The Labute approximate surface area is 161 Å². The summed E-state index contributed by atoms with van der Waals surface area (Å²) in [7, 11) is 2.08. The zero-order chi connectivity index (χ0) is 18.7. The SMILES string of the molecule is CN1CCC[C@H](C(=O)NC(C)(C)c2ccc(Cl)cc2-c2ccccc2)C1. The smallest absolute Gasteiger partial charge is 0.225 e. The molecule has 1 aliphatic heterocycles. The van der Waals surface area contributed by atoms with E-state index in [1.54, 1.807) is 0 Å². The molecule has 1 fully saturated rings. The standard InChI is InChI=1S/C22H27ClN2O/c1-22(2,24-21(26)17-10-7-13-25(3)15-17)20-12-11-18(23)14-19(20)16-8-5-4-6-9-16/h4-6,8-9,11-12,14,17H,7,10,13,15H2,1-3H3,(H,24,26)/t17-/m0/s1. The van der Waals surface area contributed by atoms with Crippen molar-refractivity contribution in [3.63, 3.8) is 0 Å². The van der Waals surface area contributed by atoms with Gasteiger partial charge in [-0.1, -0.05) is 48.0 Å². The lowest BCUT2D eigenvalue weighted by molar-refractivity contribution is -0.128. The predicted molar refractivity (Wildman–Crippen MR) is 108 cm³/mol. The first-order valence-corrected chi connectivity index (χ1v) is 9.60. The number of nitrogens with one attached hydrogen (secondary N) is 1. The largest absolute Gasteiger partial charge is 0.347 e. The summed E-state index contributed by atoms with van der Waals surface area (Å²) in [5, 5.41) is 3.98. The zero-order valence-electron chi connectivity index (χ0n) is 15.8. The number of nitrogens with zero attached hydrogens (tertiary/aromatic N) is 1. The molecule has 0 radical (unpaired) electrons. The van der Waals surface area contributed by atoms with E-state index in [0.717, 1.165) is 42.6 Å². The van der Waals surface area contributed by atoms with Crippen molar-refractivity contribution in [1.82, 2.24) is 10.2 Å². The van der Waals surface area contributed by atoms with E-state index in [9.17, 15) is 4.79 Å². The van der Waals surface area contributed by atoms with Crippen LogP contribution in [-0.4, -0.2) is 30.9 Å². The van der Waals surface area contributed by atoms with Gasteiger partial charge in [-0.05, 0) is 69.1 Å². The Bertz CT molecular complexity index is 773. The minimum atomic E-state index is -0.483. The fourth-order valence-corrected chi connectivity index (χ4v) is 3.95. The van der Waals surface area contributed by atoms with Crippen molar-refractivity contribution in [2.45, 2.75) is 32.2 Å². The van der Waals surface area contributed by atoms with Crippen LogP contribution in [-0.2, 0) is 10.3 Å². The predicted octanol–water partition coefficient (Wildman–Crippen LogP) is 4.70. The van der Waals surface area contributed by atoms with Gasteiger partial charge in [-0.15, -0.1) is 0 Å². The molecule has 1 atom stereocenters. The second-order valence-corrected chi connectivity index (χ2v) is 8.21. The van der Waals surface area contributed by atoms with Crippen LogP contribution in [0.5, 0.6) is 0 Å². The second-order valence-electron chi connectivity index (χ2n) is 7.77. The van der Waals surface area contributed by atoms with Crippen molar-refractivity contribution in [1.29, 1.82) is 0 Å². The second kappa shape index (κ2) is 7.81. The molecule has 3 rings (SSSR count). The van der Waals surface area contributed by atoms with Crippen molar-refractivity contribution in [2.75, 3.05) is 20.1 Å². The number of carbonyl (C=O) groups excluding carboxylic acids is 1. The molecular weight excluding hydrogens is 344 g/mol. The summed E-state index contributed by atoms with van der Waals surface area (Å²) in [6.07, 6.45) is 2.03. The van der Waals surface area contributed by atoms with Gasteiger partial charge in [0.25, 0.3) is 0 Å². The van der Waals surface area contributed by atoms with E-state index in [0.29, 0.717) is 5.02 Å². The van der Waals surface area contributed by atoms with Crippen molar-refractivity contribution in [2.24, 2.45) is 5.92 Å². The molecule has 1 heterocycles. The van der Waals surface area contributed by atoms with Crippen LogP contribution in [0.3, 0.4) is 0 Å². The molecule has 0 spiro atoms. The number of carbonyl (C=O) groups is 1. The summed E-state index contributed by atoms with van der Waals surface area (Å²) in [6.45, 7) is 6.02. The van der Waals surface area contributed by atoms with Crippen molar-refractivity contribution < 1.29 is 4.79 Å². The molecule has 1 amide bonds. The fraction of sp³-hybridized carbons (Fsp3) is 0.409. The number of likely N-dealkylation sites (tertiary alicyclic amines) is 1. The molecule has 3 nitrogen and oxygen atoms in total. The van der Waals surface area contributed by atoms with Crippen LogP contribution in [0.1, 0.15) is 32.3 Å². The Kier molecular flexibility index (Phi) is 5.69. The molecule has 0 aliphatic carbocycles. The Morgan fingerprint density at radius 1 is 1.19 bits per heavy atom. The van der Waals surface area contributed by atoms with Crippen molar-refractivity contribution >= 4 is 17.5 Å². The van der Waals surface area contributed by atoms with Gasteiger partial charge in [0.05, 0.1) is 11.5 Å². The molecule has 0 aromatic heterocycles. The van der Waals surface area contributed by atoms with Gasteiger partial charge >= 0.3 is 0 Å². The number of rotatable bonds is 4. The topological polar surface area (TPSA) is 32.3 Å². The van der Waals surface area contributed by atoms with E-state index in [4.69, 9.17) is 11.6 Å². The van der Waals surface area contributed by atoms with E-state index >= 15 is 0 Å². The lowest BCUT2D eigenvalue weighted by Gasteiger charge is -2.34. The third-order valence-electron chi connectivity index (χ3n) is 5.17. The van der Waals surface area contributed by atoms with Crippen LogP contribution in [0.25, 0.3) is 11.1 Å². The van der Waals surface area contributed by atoms with E-state index < -0.39 is 5.54 Å². The van der Waals surface area contributed by atoms with E-state index in [1.807, 2.05) is 36.4 Å². The van der Waals surface area contributed by atoms with Gasteiger partial charge in [-0.2, -0.15) is 0 Å². The van der Waals surface area contributed by atoms with Gasteiger partial charge in [-0.3, -0.25) is 4.79 Å². The maximum absolute atomic E-state index is 12.9. The van der Waals surface area contributed by atoms with Gasteiger partial charge in [0.1, 0.15) is 0 Å². The Morgan fingerprint density at radius 2 is 1.92 bits per heavy atom. The molecule has 0 bridgehead atoms. The van der Waals surface area contributed by atoms with Crippen molar-refractivity contribution in [3.8, 4) is 11.1 Å². The van der Waals surface area contributed by atoms with Crippen LogP contribution in [0, 0.1) is 5.92 Å². The van der Waals surface area contributed by atoms with Gasteiger partial charge < -0.3 is 10.2 Å².